The summed E-state index contributed by atoms with van der Waals surface area (Å²) >= 11 is 0. The van der Waals surface area contributed by atoms with E-state index in [1.165, 1.54) is 5.56 Å². The second-order valence-electron chi connectivity index (χ2n) is 5.29. The fourth-order valence-corrected chi connectivity index (χ4v) is 2.57. The van der Waals surface area contributed by atoms with E-state index in [-0.39, 0.29) is 5.78 Å². The molecule has 1 aromatic heterocycles. The van der Waals surface area contributed by atoms with Crippen molar-refractivity contribution >= 4 is 5.78 Å². The monoisotopic (exact) mass is 267 g/mol. The van der Waals surface area contributed by atoms with Gasteiger partial charge in [0.05, 0.1) is 6.61 Å². The topological polar surface area (TPSA) is 39.2 Å². The van der Waals surface area contributed by atoms with Crippen LogP contribution in [-0.4, -0.2) is 17.4 Å². The minimum Gasteiger partial charge on any atom is -0.493 e. The van der Waals surface area contributed by atoms with Gasteiger partial charge in [0.2, 0.25) is 0 Å². The minimum absolute atomic E-state index is 0.0546. The van der Waals surface area contributed by atoms with Crippen molar-refractivity contribution < 1.29 is 9.53 Å². The van der Waals surface area contributed by atoms with Crippen LogP contribution in [0.25, 0.3) is 0 Å². The summed E-state index contributed by atoms with van der Waals surface area (Å²) in [7, 11) is 0. The molecule has 0 unspecified atom stereocenters. The molecule has 0 aliphatic carbocycles. The normalized spacial score (nSPS) is 17.1. The SMILES string of the molecule is CC(=O)c1ccc(C[C@@H]2COc3ccccc3C2)nc1. The van der Waals surface area contributed by atoms with Crippen molar-refractivity contribution in [1.29, 1.82) is 0 Å². The summed E-state index contributed by atoms with van der Waals surface area (Å²) in [5, 5.41) is 0. The van der Waals surface area contributed by atoms with Crippen molar-refractivity contribution in [2.75, 3.05) is 6.61 Å². The van der Waals surface area contributed by atoms with E-state index >= 15 is 0 Å². The summed E-state index contributed by atoms with van der Waals surface area (Å²) in [6.45, 7) is 2.29. The van der Waals surface area contributed by atoms with Crippen LogP contribution in [0.2, 0.25) is 0 Å². The maximum Gasteiger partial charge on any atom is 0.161 e. The van der Waals surface area contributed by atoms with Gasteiger partial charge in [-0.1, -0.05) is 18.2 Å². The lowest BCUT2D eigenvalue weighted by Crippen LogP contribution is -2.23. The molecular formula is C17H17NO2. The van der Waals surface area contributed by atoms with E-state index in [0.717, 1.165) is 30.9 Å². The molecular weight excluding hydrogens is 250 g/mol. The van der Waals surface area contributed by atoms with Crippen molar-refractivity contribution in [2.45, 2.75) is 19.8 Å². The Morgan fingerprint density at radius 2 is 2.15 bits per heavy atom. The van der Waals surface area contributed by atoms with Gasteiger partial charge in [-0.05, 0) is 43.5 Å². The van der Waals surface area contributed by atoms with Crippen molar-refractivity contribution in [3.63, 3.8) is 0 Å². The summed E-state index contributed by atoms with van der Waals surface area (Å²) in [5.74, 6) is 1.50. The van der Waals surface area contributed by atoms with Gasteiger partial charge in [-0.25, -0.2) is 0 Å². The van der Waals surface area contributed by atoms with E-state index in [0.29, 0.717) is 11.5 Å². The van der Waals surface area contributed by atoms with Crippen LogP contribution >= 0.6 is 0 Å². The molecule has 0 spiro atoms. The number of fused-ring (bicyclic) bond motifs is 1. The zero-order valence-corrected chi connectivity index (χ0v) is 11.5. The first kappa shape index (κ1) is 12.9. The Hall–Kier alpha value is -2.16. The standard InChI is InChI=1S/C17H17NO2/c1-12(19)15-6-7-16(18-10-15)9-13-8-14-4-2-3-5-17(14)20-11-13/h2-7,10,13H,8-9,11H2,1H3/t13-/m1/s1. The number of pyridine rings is 1. The summed E-state index contributed by atoms with van der Waals surface area (Å²) < 4.78 is 5.79. The molecule has 0 radical (unpaired) electrons. The molecule has 0 fully saturated rings. The van der Waals surface area contributed by atoms with Gasteiger partial charge < -0.3 is 4.74 Å². The van der Waals surface area contributed by atoms with Gasteiger partial charge in [-0.2, -0.15) is 0 Å². The first-order valence-electron chi connectivity index (χ1n) is 6.89. The predicted octanol–water partition coefficient (Wildman–Crippen LogP) is 3.08. The van der Waals surface area contributed by atoms with Gasteiger partial charge in [-0.15, -0.1) is 0 Å². The van der Waals surface area contributed by atoms with Crippen LogP contribution in [0.15, 0.2) is 42.6 Å². The Balaban J connectivity index is 1.69. The fourth-order valence-electron chi connectivity index (χ4n) is 2.57. The molecule has 2 heterocycles. The van der Waals surface area contributed by atoms with Crippen molar-refractivity contribution in [1.82, 2.24) is 4.98 Å². The van der Waals surface area contributed by atoms with Gasteiger partial charge in [0.1, 0.15) is 5.75 Å². The zero-order valence-electron chi connectivity index (χ0n) is 11.5. The average molecular weight is 267 g/mol. The number of nitrogens with zero attached hydrogens (tertiary/aromatic N) is 1. The first-order valence-corrected chi connectivity index (χ1v) is 6.89. The number of para-hydroxylation sites is 1. The van der Waals surface area contributed by atoms with Crippen LogP contribution < -0.4 is 4.74 Å². The molecule has 0 bridgehead atoms. The van der Waals surface area contributed by atoms with Crippen LogP contribution in [0.1, 0.15) is 28.5 Å². The second-order valence-corrected chi connectivity index (χ2v) is 5.29. The molecule has 2 aromatic rings. The van der Waals surface area contributed by atoms with Crippen LogP contribution in [0.3, 0.4) is 0 Å². The number of hydrogen-bond acceptors (Lipinski definition) is 3. The first-order chi connectivity index (χ1) is 9.72. The highest BCUT2D eigenvalue weighted by Gasteiger charge is 2.20. The number of carbonyl (C=O) groups is 1. The minimum atomic E-state index is 0.0546. The number of hydrogen-bond donors (Lipinski definition) is 0. The van der Waals surface area contributed by atoms with E-state index in [1.54, 1.807) is 13.1 Å². The molecule has 1 aromatic carbocycles. The number of aromatic nitrogens is 1. The Morgan fingerprint density at radius 1 is 1.30 bits per heavy atom. The van der Waals surface area contributed by atoms with Crippen LogP contribution in [0, 0.1) is 5.92 Å². The van der Waals surface area contributed by atoms with Gasteiger partial charge in [0, 0.05) is 23.4 Å². The molecule has 1 aliphatic heterocycles. The van der Waals surface area contributed by atoms with Gasteiger partial charge in [0.25, 0.3) is 0 Å². The van der Waals surface area contributed by atoms with Crippen molar-refractivity contribution in [3.05, 3.63) is 59.4 Å². The third-order valence-electron chi connectivity index (χ3n) is 3.68. The molecule has 102 valence electrons. The van der Waals surface area contributed by atoms with E-state index < -0.39 is 0 Å². The third kappa shape index (κ3) is 2.72. The Kier molecular flexibility index (Phi) is 3.50. The molecule has 3 heteroatoms. The van der Waals surface area contributed by atoms with Gasteiger partial charge in [-0.3, -0.25) is 9.78 Å². The van der Waals surface area contributed by atoms with Crippen LogP contribution in [-0.2, 0) is 12.8 Å². The Bertz CT molecular complexity index is 619. The molecule has 1 atom stereocenters. The lowest BCUT2D eigenvalue weighted by atomic mass is 9.92. The molecule has 0 saturated heterocycles. The van der Waals surface area contributed by atoms with Gasteiger partial charge >= 0.3 is 0 Å². The van der Waals surface area contributed by atoms with E-state index in [2.05, 4.69) is 11.1 Å². The summed E-state index contributed by atoms with van der Waals surface area (Å²) in [6, 6.07) is 12.0. The predicted molar refractivity (Wildman–Crippen MR) is 77.1 cm³/mol. The smallest absolute Gasteiger partial charge is 0.161 e. The van der Waals surface area contributed by atoms with E-state index in [4.69, 9.17) is 4.74 Å². The number of rotatable bonds is 3. The highest BCUT2D eigenvalue weighted by molar-refractivity contribution is 5.93. The fraction of sp³-hybridized carbons (Fsp3) is 0.294. The molecule has 3 rings (SSSR count). The third-order valence-corrected chi connectivity index (χ3v) is 3.68. The van der Waals surface area contributed by atoms with E-state index in [9.17, 15) is 4.79 Å². The average Bonchev–Trinajstić information content (AvgIpc) is 2.48. The number of benzene rings is 1. The maximum atomic E-state index is 11.2. The molecule has 0 N–H and O–H groups in total. The Morgan fingerprint density at radius 3 is 2.90 bits per heavy atom. The van der Waals surface area contributed by atoms with Crippen LogP contribution in [0.5, 0.6) is 5.75 Å². The largest absolute Gasteiger partial charge is 0.493 e. The number of Topliss-reactive ketones (excluding diaryl/α,β-unsaturated/α-hetero) is 1. The molecule has 3 nitrogen and oxygen atoms in total. The molecule has 0 amide bonds. The maximum absolute atomic E-state index is 11.2. The second kappa shape index (κ2) is 5.45. The Labute approximate surface area is 118 Å². The number of carbonyl (C=O) groups excluding carboxylic acids is 1. The summed E-state index contributed by atoms with van der Waals surface area (Å²) in [4.78, 5) is 15.6. The summed E-state index contributed by atoms with van der Waals surface area (Å²) in [6.07, 6.45) is 3.56. The zero-order chi connectivity index (χ0) is 13.9. The van der Waals surface area contributed by atoms with Crippen molar-refractivity contribution in [2.24, 2.45) is 5.92 Å². The van der Waals surface area contributed by atoms with Crippen LogP contribution in [0.4, 0.5) is 0 Å². The summed E-state index contributed by atoms with van der Waals surface area (Å²) in [5.41, 5.74) is 2.95. The molecule has 0 saturated carbocycles. The number of ketones is 1. The molecule has 20 heavy (non-hydrogen) atoms. The number of ether oxygens (including phenoxy) is 1. The van der Waals surface area contributed by atoms with Gasteiger partial charge in [0.15, 0.2) is 5.78 Å². The molecule has 1 aliphatic rings. The lowest BCUT2D eigenvalue weighted by molar-refractivity contribution is 0.101. The highest BCUT2D eigenvalue weighted by Crippen LogP contribution is 2.28. The quantitative estimate of drug-likeness (QED) is 0.802. The lowest BCUT2D eigenvalue weighted by Gasteiger charge is -2.25. The van der Waals surface area contributed by atoms with E-state index in [1.807, 2.05) is 30.3 Å². The highest BCUT2D eigenvalue weighted by atomic mass is 16.5. The van der Waals surface area contributed by atoms with Crippen molar-refractivity contribution in [3.8, 4) is 5.75 Å².